The van der Waals surface area contributed by atoms with Gasteiger partial charge in [0.25, 0.3) is 0 Å². The summed E-state index contributed by atoms with van der Waals surface area (Å²) < 4.78 is 5.15. The highest BCUT2D eigenvalue weighted by molar-refractivity contribution is 8.76. The fourth-order valence-corrected chi connectivity index (χ4v) is 5.90. The number of rotatable bonds is 20. The van der Waals surface area contributed by atoms with E-state index in [0.29, 0.717) is 37.4 Å². The molecule has 1 aromatic rings. The topological polar surface area (TPSA) is 126 Å². The Morgan fingerprint density at radius 2 is 1.92 bits per heavy atom. The highest BCUT2D eigenvalue weighted by atomic mass is 33.1. The fourth-order valence-electron chi connectivity index (χ4n) is 4.25. The van der Waals surface area contributed by atoms with E-state index >= 15 is 0 Å². The Bertz CT molecular complexity index is 835. The molecule has 1 aliphatic rings. The van der Waals surface area contributed by atoms with Crippen molar-refractivity contribution in [2.24, 2.45) is 5.34 Å². The molecule has 12 heteroatoms. The van der Waals surface area contributed by atoms with Gasteiger partial charge >= 0.3 is 6.09 Å². The highest BCUT2D eigenvalue weighted by Crippen LogP contribution is 2.20. The number of hydrogen-bond donors (Lipinski definition) is 2. The number of alkyl carbamates (subject to hydrolysis) is 1. The zero-order valence-electron chi connectivity index (χ0n) is 22.0. The van der Waals surface area contributed by atoms with E-state index in [1.165, 1.54) is 27.2 Å². The quantitative estimate of drug-likeness (QED) is 0.0785. The molecule has 38 heavy (non-hydrogen) atoms. The Morgan fingerprint density at radius 3 is 2.66 bits per heavy atom. The van der Waals surface area contributed by atoms with Gasteiger partial charge in [-0.25, -0.2) is 4.79 Å². The Morgan fingerprint density at radius 1 is 1.16 bits per heavy atom. The number of aldehydes is 1. The van der Waals surface area contributed by atoms with Gasteiger partial charge in [0.2, 0.25) is 5.91 Å². The second-order valence-electron chi connectivity index (χ2n) is 9.13. The summed E-state index contributed by atoms with van der Waals surface area (Å²) in [7, 11) is 3.04. The Balaban J connectivity index is 1.70. The molecule has 10 nitrogen and oxygen atoms in total. The molecular weight excluding hydrogens is 528 g/mol. The van der Waals surface area contributed by atoms with Crippen molar-refractivity contribution in [2.75, 3.05) is 37.8 Å². The fraction of sp³-hybridized carbons (Fsp3) is 0.654. The van der Waals surface area contributed by atoms with Crippen LogP contribution in [0.15, 0.2) is 35.7 Å². The number of benzene rings is 1. The molecule has 1 saturated heterocycles. The number of carbonyl (C=O) groups excluding carboxylic acids is 3. The van der Waals surface area contributed by atoms with E-state index in [4.69, 9.17) is 4.74 Å². The first-order valence-electron chi connectivity index (χ1n) is 13.2. The van der Waals surface area contributed by atoms with Crippen molar-refractivity contribution in [3.63, 3.8) is 0 Å². The van der Waals surface area contributed by atoms with E-state index in [2.05, 4.69) is 39.9 Å². The molecule has 0 aliphatic carbocycles. The van der Waals surface area contributed by atoms with Gasteiger partial charge in [-0.3, -0.25) is 4.79 Å². The average molecular weight is 569 g/mol. The first-order chi connectivity index (χ1) is 18.5. The largest absolute Gasteiger partial charge is 0.449 e. The maximum atomic E-state index is 13.3. The van der Waals surface area contributed by atoms with E-state index in [1.807, 2.05) is 18.2 Å². The Kier molecular flexibility index (Phi) is 16.6. The number of unbranched alkanes of at least 4 members (excludes halogenated alkanes) is 1. The summed E-state index contributed by atoms with van der Waals surface area (Å²) >= 11 is 0. The van der Waals surface area contributed by atoms with E-state index in [1.54, 1.807) is 4.90 Å². The lowest BCUT2D eigenvalue weighted by Crippen LogP contribution is -2.51. The predicted molar refractivity (Wildman–Crippen MR) is 152 cm³/mol. The Labute approximate surface area is 233 Å². The second-order valence-corrected chi connectivity index (χ2v) is 11.8. The molecule has 0 spiro atoms. The maximum absolute atomic E-state index is 13.3. The molecule has 0 aromatic heterocycles. The zero-order chi connectivity index (χ0) is 27.4. The van der Waals surface area contributed by atoms with Crippen molar-refractivity contribution >= 4 is 39.9 Å². The first-order valence-corrected chi connectivity index (χ1v) is 15.7. The lowest BCUT2D eigenvalue weighted by atomic mass is 10.0. The molecular formula is C26H40N4O6S2. The summed E-state index contributed by atoms with van der Waals surface area (Å²) in [4.78, 5) is 52.5. The summed E-state index contributed by atoms with van der Waals surface area (Å²) in [5, 5.41) is 8.58. The molecule has 3 atom stereocenters. The molecule has 1 fully saturated rings. The predicted octanol–water partition coefficient (Wildman–Crippen LogP) is 4.13. The SMILES string of the molecule is C[C@H](CCc1ccccc1)N[C@@H](CCCCNC(=O)OCCSSCCON=O)C(=O)N1CCC[C@H]1C=O. The number of nitrogens with zero attached hydrogens (tertiary/aromatic N) is 2. The first kappa shape index (κ1) is 31.9. The van der Waals surface area contributed by atoms with Crippen LogP contribution in [-0.2, 0) is 25.6 Å². The van der Waals surface area contributed by atoms with Gasteiger partial charge in [0.1, 0.15) is 19.5 Å². The molecule has 212 valence electrons. The zero-order valence-corrected chi connectivity index (χ0v) is 23.7. The number of amides is 2. The molecule has 1 aromatic carbocycles. The van der Waals surface area contributed by atoms with Gasteiger partial charge in [-0.2, -0.15) is 0 Å². The molecule has 0 bridgehead atoms. The summed E-state index contributed by atoms with van der Waals surface area (Å²) in [6.07, 6.45) is 5.91. The summed E-state index contributed by atoms with van der Waals surface area (Å²) in [6.45, 7) is 3.71. The van der Waals surface area contributed by atoms with Crippen molar-refractivity contribution < 1.29 is 24.0 Å². The lowest BCUT2D eigenvalue weighted by Gasteiger charge is -2.29. The van der Waals surface area contributed by atoms with Crippen molar-refractivity contribution in [3.05, 3.63) is 40.8 Å². The minimum atomic E-state index is -0.463. The van der Waals surface area contributed by atoms with E-state index in [9.17, 15) is 19.3 Å². The van der Waals surface area contributed by atoms with Crippen molar-refractivity contribution in [1.82, 2.24) is 15.5 Å². The second kappa shape index (κ2) is 19.7. The van der Waals surface area contributed by atoms with Crippen LogP contribution < -0.4 is 10.6 Å². The maximum Gasteiger partial charge on any atom is 0.407 e. The van der Waals surface area contributed by atoms with E-state index in [0.717, 1.165) is 38.4 Å². The van der Waals surface area contributed by atoms with E-state index in [-0.39, 0.29) is 37.2 Å². The molecule has 0 saturated carbocycles. The van der Waals surface area contributed by atoms with Gasteiger partial charge in [0.15, 0.2) is 5.34 Å². The van der Waals surface area contributed by atoms with Crippen LogP contribution in [0.3, 0.4) is 0 Å². The number of nitrogens with one attached hydrogen (secondary N) is 2. The monoisotopic (exact) mass is 568 g/mol. The lowest BCUT2D eigenvalue weighted by molar-refractivity contribution is -0.136. The van der Waals surface area contributed by atoms with Gasteiger partial charge in [0, 0.05) is 30.6 Å². The summed E-state index contributed by atoms with van der Waals surface area (Å²) in [5.74, 6) is 1.24. The minimum absolute atomic E-state index is 0.0112. The third-order valence-corrected chi connectivity index (χ3v) is 8.55. The standard InChI is InChI=1S/C26H40N4O6S2/c1-21(12-13-22-8-3-2-4-9-22)28-24(25(32)30-15-7-10-23(30)20-31)11-5-6-14-27-26(33)35-16-18-37-38-19-17-36-29-34/h2-4,8-9,20-21,23-24,28H,5-7,10-19H2,1H3,(H,27,33)/t21-,23+,24+/m1/s1. The van der Waals surface area contributed by atoms with Gasteiger partial charge in [-0.15, -0.1) is 4.91 Å². The van der Waals surface area contributed by atoms with Crippen molar-refractivity contribution in [2.45, 2.75) is 70.0 Å². The van der Waals surface area contributed by atoms with Gasteiger partial charge in [0.05, 0.1) is 12.1 Å². The number of ether oxygens (including phenoxy) is 1. The molecule has 2 amide bonds. The molecule has 0 unspecified atom stereocenters. The smallest absolute Gasteiger partial charge is 0.407 e. The van der Waals surface area contributed by atoms with Crippen LogP contribution in [-0.4, -0.2) is 79.1 Å². The van der Waals surface area contributed by atoms with Crippen LogP contribution in [0.5, 0.6) is 0 Å². The van der Waals surface area contributed by atoms with Crippen LogP contribution >= 0.6 is 21.6 Å². The van der Waals surface area contributed by atoms with Crippen LogP contribution in [0.4, 0.5) is 4.79 Å². The highest BCUT2D eigenvalue weighted by Gasteiger charge is 2.33. The number of aryl methyl sites for hydroxylation is 1. The molecule has 2 N–H and O–H groups in total. The van der Waals surface area contributed by atoms with Crippen LogP contribution in [0, 0.1) is 4.91 Å². The van der Waals surface area contributed by atoms with Crippen LogP contribution in [0.2, 0.25) is 0 Å². The third-order valence-electron chi connectivity index (χ3n) is 6.21. The summed E-state index contributed by atoms with van der Waals surface area (Å²) in [5.41, 5.74) is 1.27. The van der Waals surface area contributed by atoms with Gasteiger partial charge < -0.3 is 29.9 Å². The minimum Gasteiger partial charge on any atom is -0.449 e. The molecule has 0 radical (unpaired) electrons. The number of hydrogen-bond acceptors (Lipinski definition) is 10. The number of likely N-dealkylation sites (tertiary alicyclic amines) is 1. The third kappa shape index (κ3) is 13.0. The van der Waals surface area contributed by atoms with Crippen LogP contribution in [0.1, 0.15) is 51.0 Å². The average Bonchev–Trinajstić information content (AvgIpc) is 3.42. The van der Waals surface area contributed by atoms with Gasteiger partial charge in [-0.05, 0) is 57.4 Å². The van der Waals surface area contributed by atoms with E-state index < -0.39 is 6.09 Å². The molecule has 1 aliphatic heterocycles. The van der Waals surface area contributed by atoms with Crippen molar-refractivity contribution in [1.29, 1.82) is 0 Å². The van der Waals surface area contributed by atoms with Crippen LogP contribution in [0.25, 0.3) is 0 Å². The molecule has 1 heterocycles. The number of carbonyl (C=O) groups is 3. The van der Waals surface area contributed by atoms with Gasteiger partial charge in [-0.1, -0.05) is 51.9 Å². The molecule has 2 rings (SSSR count). The Hall–Kier alpha value is -2.31. The summed E-state index contributed by atoms with van der Waals surface area (Å²) in [6, 6.07) is 9.72. The van der Waals surface area contributed by atoms with Crippen molar-refractivity contribution in [3.8, 4) is 0 Å². The normalized spacial score (nSPS) is 16.4.